The van der Waals surface area contributed by atoms with E-state index in [4.69, 9.17) is 10.5 Å². The Bertz CT molecular complexity index is 336. The third kappa shape index (κ3) is 5.27. The molecule has 4 nitrogen and oxygen atoms in total. The maximum Gasteiger partial charge on any atom is 0.0589 e. The van der Waals surface area contributed by atoms with Gasteiger partial charge in [0, 0.05) is 39.0 Å². The van der Waals surface area contributed by atoms with Gasteiger partial charge in [-0.25, -0.2) is 0 Å². The van der Waals surface area contributed by atoms with Crippen LogP contribution in [-0.4, -0.2) is 36.2 Å². The standard InChI is InChI=1S/C15H27N3O/c1-4-15(5-2)18(8-9-19-3)12-14-7-6-13(10-16)11-17-14/h6-7,11,15H,4-5,8-10,12,16H2,1-3H3. The van der Waals surface area contributed by atoms with Gasteiger partial charge in [0.2, 0.25) is 0 Å². The molecular formula is C15H27N3O. The van der Waals surface area contributed by atoms with Crippen molar-refractivity contribution in [3.05, 3.63) is 29.6 Å². The number of pyridine rings is 1. The molecule has 1 aromatic heterocycles. The SMILES string of the molecule is CCC(CC)N(CCOC)Cc1ccc(CN)cn1. The first kappa shape index (κ1) is 16.1. The molecule has 0 amide bonds. The van der Waals surface area contributed by atoms with Crippen molar-refractivity contribution in [2.75, 3.05) is 20.3 Å². The summed E-state index contributed by atoms with van der Waals surface area (Å²) in [5.74, 6) is 0. The Balaban J connectivity index is 2.68. The molecule has 1 rings (SSSR count). The molecule has 0 bridgehead atoms. The fourth-order valence-electron chi connectivity index (χ4n) is 2.28. The van der Waals surface area contributed by atoms with Crippen LogP contribution in [0.15, 0.2) is 18.3 Å². The second kappa shape index (κ2) is 9.02. The van der Waals surface area contributed by atoms with Crippen molar-refractivity contribution in [1.82, 2.24) is 9.88 Å². The van der Waals surface area contributed by atoms with Gasteiger partial charge >= 0.3 is 0 Å². The van der Waals surface area contributed by atoms with E-state index in [-0.39, 0.29) is 0 Å². The monoisotopic (exact) mass is 265 g/mol. The summed E-state index contributed by atoms with van der Waals surface area (Å²) < 4.78 is 5.21. The summed E-state index contributed by atoms with van der Waals surface area (Å²) in [6, 6.07) is 4.72. The zero-order valence-corrected chi connectivity index (χ0v) is 12.4. The Morgan fingerprint density at radius 1 is 1.32 bits per heavy atom. The molecule has 0 saturated carbocycles. The van der Waals surface area contributed by atoms with Gasteiger partial charge in [0.15, 0.2) is 0 Å². The number of nitrogens with zero attached hydrogens (tertiary/aromatic N) is 2. The average Bonchev–Trinajstić information content (AvgIpc) is 2.46. The van der Waals surface area contributed by atoms with Crippen molar-refractivity contribution in [2.24, 2.45) is 5.73 Å². The topological polar surface area (TPSA) is 51.4 Å². The van der Waals surface area contributed by atoms with Gasteiger partial charge in [-0.2, -0.15) is 0 Å². The maximum absolute atomic E-state index is 5.59. The van der Waals surface area contributed by atoms with Gasteiger partial charge in [0.1, 0.15) is 0 Å². The summed E-state index contributed by atoms with van der Waals surface area (Å²) in [5.41, 5.74) is 7.77. The van der Waals surface area contributed by atoms with Crippen LogP contribution in [0.1, 0.15) is 37.9 Å². The molecule has 0 aliphatic rings. The van der Waals surface area contributed by atoms with E-state index < -0.39 is 0 Å². The van der Waals surface area contributed by atoms with Crippen molar-refractivity contribution in [2.45, 2.75) is 45.8 Å². The summed E-state index contributed by atoms with van der Waals surface area (Å²) in [6.45, 7) is 7.60. The van der Waals surface area contributed by atoms with Gasteiger partial charge in [0.05, 0.1) is 12.3 Å². The van der Waals surface area contributed by atoms with E-state index in [2.05, 4.69) is 35.9 Å². The minimum absolute atomic E-state index is 0.549. The zero-order chi connectivity index (χ0) is 14.1. The minimum Gasteiger partial charge on any atom is -0.383 e. The van der Waals surface area contributed by atoms with E-state index in [9.17, 15) is 0 Å². The summed E-state index contributed by atoms with van der Waals surface area (Å²) in [7, 11) is 1.75. The molecule has 2 N–H and O–H groups in total. The minimum atomic E-state index is 0.549. The van der Waals surface area contributed by atoms with Gasteiger partial charge in [-0.3, -0.25) is 9.88 Å². The van der Waals surface area contributed by atoms with Crippen LogP contribution in [0, 0.1) is 0 Å². The normalized spacial score (nSPS) is 11.5. The molecule has 0 aliphatic heterocycles. The van der Waals surface area contributed by atoms with Gasteiger partial charge in [-0.1, -0.05) is 19.9 Å². The summed E-state index contributed by atoms with van der Waals surface area (Å²) >= 11 is 0. The van der Waals surface area contributed by atoms with Crippen molar-refractivity contribution < 1.29 is 4.74 Å². The summed E-state index contributed by atoms with van der Waals surface area (Å²) in [5, 5.41) is 0. The lowest BCUT2D eigenvalue weighted by Crippen LogP contribution is -2.36. The lowest BCUT2D eigenvalue weighted by Gasteiger charge is -2.29. The van der Waals surface area contributed by atoms with E-state index in [0.717, 1.165) is 43.8 Å². The molecule has 4 heteroatoms. The molecule has 0 radical (unpaired) electrons. The molecule has 1 aromatic rings. The molecule has 1 heterocycles. The second-order valence-corrected chi connectivity index (χ2v) is 4.80. The van der Waals surface area contributed by atoms with Gasteiger partial charge < -0.3 is 10.5 Å². The lowest BCUT2D eigenvalue weighted by molar-refractivity contribution is 0.109. The fourth-order valence-corrected chi connectivity index (χ4v) is 2.28. The Kier molecular flexibility index (Phi) is 7.63. The van der Waals surface area contributed by atoms with E-state index in [1.54, 1.807) is 7.11 Å². The van der Waals surface area contributed by atoms with Crippen molar-refractivity contribution >= 4 is 0 Å². The number of ether oxygens (including phenoxy) is 1. The molecule has 0 aliphatic carbocycles. The zero-order valence-electron chi connectivity index (χ0n) is 12.4. The van der Waals surface area contributed by atoms with Crippen molar-refractivity contribution in [1.29, 1.82) is 0 Å². The largest absolute Gasteiger partial charge is 0.383 e. The summed E-state index contributed by atoms with van der Waals surface area (Å²) in [6.07, 6.45) is 4.18. The van der Waals surface area contributed by atoms with Crippen LogP contribution in [0.3, 0.4) is 0 Å². The molecule has 0 fully saturated rings. The fraction of sp³-hybridized carbons (Fsp3) is 0.667. The molecule has 0 atom stereocenters. The van der Waals surface area contributed by atoms with Crippen LogP contribution < -0.4 is 5.73 Å². The van der Waals surface area contributed by atoms with Crippen LogP contribution >= 0.6 is 0 Å². The van der Waals surface area contributed by atoms with Crippen molar-refractivity contribution in [3.63, 3.8) is 0 Å². The molecular weight excluding hydrogens is 238 g/mol. The Hall–Kier alpha value is -0.970. The average molecular weight is 265 g/mol. The van der Waals surface area contributed by atoms with E-state index >= 15 is 0 Å². The van der Waals surface area contributed by atoms with E-state index in [1.165, 1.54) is 0 Å². The molecule has 108 valence electrons. The van der Waals surface area contributed by atoms with Gasteiger partial charge in [-0.15, -0.1) is 0 Å². The third-order valence-corrected chi connectivity index (χ3v) is 3.53. The lowest BCUT2D eigenvalue weighted by atomic mass is 10.1. The van der Waals surface area contributed by atoms with E-state index in [1.807, 2.05) is 6.20 Å². The van der Waals surface area contributed by atoms with Crippen LogP contribution in [0.25, 0.3) is 0 Å². The molecule has 0 saturated heterocycles. The highest BCUT2D eigenvalue weighted by Crippen LogP contribution is 2.12. The second-order valence-electron chi connectivity index (χ2n) is 4.80. The van der Waals surface area contributed by atoms with Crippen LogP contribution in [0.5, 0.6) is 0 Å². The predicted molar refractivity (Wildman–Crippen MR) is 78.8 cm³/mol. The smallest absolute Gasteiger partial charge is 0.0589 e. The van der Waals surface area contributed by atoms with Gasteiger partial charge in [-0.05, 0) is 24.5 Å². The highest BCUT2D eigenvalue weighted by Gasteiger charge is 2.15. The molecule has 0 aromatic carbocycles. The predicted octanol–water partition coefficient (Wildman–Crippen LogP) is 2.18. The number of hydrogen-bond acceptors (Lipinski definition) is 4. The number of aromatic nitrogens is 1. The highest BCUT2D eigenvalue weighted by atomic mass is 16.5. The van der Waals surface area contributed by atoms with Crippen LogP contribution in [0.4, 0.5) is 0 Å². The number of rotatable bonds is 9. The number of hydrogen-bond donors (Lipinski definition) is 1. The number of methoxy groups -OCH3 is 1. The molecule has 19 heavy (non-hydrogen) atoms. The van der Waals surface area contributed by atoms with Crippen LogP contribution in [0.2, 0.25) is 0 Å². The Labute approximate surface area is 117 Å². The van der Waals surface area contributed by atoms with Crippen LogP contribution in [-0.2, 0) is 17.8 Å². The number of nitrogens with two attached hydrogens (primary N) is 1. The Morgan fingerprint density at radius 3 is 2.53 bits per heavy atom. The molecule has 0 spiro atoms. The first-order valence-electron chi connectivity index (χ1n) is 7.11. The van der Waals surface area contributed by atoms with E-state index in [0.29, 0.717) is 12.6 Å². The third-order valence-electron chi connectivity index (χ3n) is 3.53. The van der Waals surface area contributed by atoms with Crippen molar-refractivity contribution in [3.8, 4) is 0 Å². The first-order chi connectivity index (χ1) is 9.24. The first-order valence-corrected chi connectivity index (χ1v) is 7.11. The maximum atomic E-state index is 5.59. The Morgan fingerprint density at radius 2 is 2.05 bits per heavy atom. The summed E-state index contributed by atoms with van der Waals surface area (Å²) in [4.78, 5) is 6.94. The highest BCUT2D eigenvalue weighted by molar-refractivity contribution is 5.13. The molecule has 0 unspecified atom stereocenters. The van der Waals surface area contributed by atoms with Gasteiger partial charge in [0.25, 0.3) is 0 Å². The quantitative estimate of drug-likeness (QED) is 0.743.